The second kappa shape index (κ2) is 8.00. The lowest BCUT2D eigenvalue weighted by molar-refractivity contribution is 0.460. The molecule has 168 valence electrons. The first-order valence-corrected chi connectivity index (χ1v) is 12.4. The molecule has 0 bridgehead atoms. The van der Waals surface area contributed by atoms with Crippen LogP contribution in [0.5, 0.6) is 17.4 Å². The molecule has 0 saturated heterocycles. The van der Waals surface area contributed by atoms with Crippen molar-refractivity contribution in [1.29, 1.82) is 0 Å². The van der Waals surface area contributed by atoms with E-state index >= 15 is 0 Å². The van der Waals surface area contributed by atoms with Crippen LogP contribution in [0.3, 0.4) is 0 Å². The van der Waals surface area contributed by atoms with Gasteiger partial charge in [-0.15, -0.1) is 0 Å². The number of pyridine rings is 1. The summed E-state index contributed by atoms with van der Waals surface area (Å²) in [6.07, 6.45) is 0. The Morgan fingerprint density at radius 3 is 2.40 bits per heavy atom. The molecule has 5 aromatic rings. The van der Waals surface area contributed by atoms with Crippen molar-refractivity contribution in [3.63, 3.8) is 0 Å². The van der Waals surface area contributed by atoms with E-state index in [1.54, 1.807) is 12.1 Å². The Kier molecular flexibility index (Phi) is 4.64. The standard InChI is InChI=1S/C30H20N2O2S/c33-25-14-6-7-18-15-16-26(31-27(18)25)34-20-9-5-8-19(17-20)30-32-28-23-12-3-1-10-21(23)22-11-2-4-13-24(22)29(28)35-30/h1-17,28-29,33H/t28-,29-/m0/s1. The number of benzene rings is 4. The number of para-hydroxylation sites is 1. The van der Waals surface area contributed by atoms with Gasteiger partial charge >= 0.3 is 0 Å². The lowest BCUT2D eigenvalue weighted by Gasteiger charge is -2.28. The summed E-state index contributed by atoms with van der Waals surface area (Å²) in [4.78, 5) is 9.70. The highest BCUT2D eigenvalue weighted by Crippen LogP contribution is 2.56. The molecule has 0 unspecified atom stereocenters. The Morgan fingerprint density at radius 1 is 0.743 bits per heavy atom. The van der Waals surface area contributed by atoms with E-state index in [1.165, 1.54) is 22.3 Å². The number of phenols is 1. The van der Waals surface area contributed by atoms with Crippen molar-refractivity contribution in [2.24, 2.45) is 4.99 Å². The Bertz CT molecular complexity index is 1650. The number of thioether (sulfide) groups is 1. The highest BCUT2D eigenvalue weighted by atomic mass is 32.2. The summed E-state index contributed by atoms with van der Waals surface area (Å²) in [6.45, 7) is 0. The SMILES string of the molecule is Oc1cccc2ccc(Oc3cccc(C4=N[C@H]5c6ccccc6-c6ccccc6[C@@H]5S4)c3)nc12. The Labute approximate surface area is 207 Å². The molecule has 1 aromatic heterocycles. The van der Waals surface area contributed by atoms with Gasteiger partial charge < -0.3 is 9.84 Å². The van der Waals surface area contributed by atoms with E-state index in [4.69, 9.17) is 9.73 Å². The van der Waals surface area contributed by atoms with Crippen molar-refractivity contribution in [3.8, 4) is 28.5 Å². The van der Waals surface area contributed by atoms with E-state index in [0.29, 0.717) is 17.1 Å². The van der Waals surface area contributed by atoms with Crippen molar-refractivity contribution < 1.29 is 9.84 Å². The molecule has 1 aliphatic carbocycles. The van der Waals surface area contributed by atoms with Gasteiger partial charge in [0.05, 0.1) is 16.3 Å². The summed E-state index contributed by atoms with van der Waals surface area (Å²) in [6, 6.07) is 34.4. The van der Waals surface area contributed by atoms with Crippen molar-refractivity contribution in [2.75, 3.05) is 0 Å². The minimum atomic E-state index is 0.0933. The van der Waals surface area contributed by atoms with E-state index in [0.717, 1.165) is 16.0 Å². The van der Waals surface area contributed by atoms with Crippen LogP contribution < -0.4 is 4.74 Å². The first-order valence-electron chi connectivity index (χ1n) is 11.5. The molecule has 0 spiro atoms. The third kappa shape index (κ3) is 3.39. The molecule has 1 N–H and O–H groups in total. The first kappa shape index (κ1) is 20.3. The molecule has 4 nitrogen and oxygen atoms in total. The summed E-state index contributed by atoms with van der Waals surface area (Å²) in [5, 5.41) is 12.3. The fourth-order valence-corrected chi connectivity index (χ4v) is 6.34. The second-order valence-electron chi connectivity index (χ2n) is 8.72. The third-order valence-corrected chi connectivity index (χ3v) is 7.93. The number of aromatic nitrogens is 1. The number of aliphatic imine (C=N–C) groups is 1. The van der Waals surface area contributed by atoms with Gasteiger partial charge in [-0.25, -0.2) is 4.98 Å². The topological polar surface area (TPSA) is 54.7 Å². The average molecular weight is 473 g/mol. The van der Waals surface area contributed by atoms with Crippen LogP contribution in [0.2, 0.25) is 0 Å². The summed E-state index contributed by atoms with van der Waals surface area (Å²) >= 11 is 1.82. The first-order chi connectivity index (χ1) is 17.2. The van der Waals surface area contributed by atoms with Gasteiger partial charge in [-0.2, -0.15) is 0 Å². The normalized spacial score (nSPS) is 17.9. The molecule has 0 saturated carbocycles. The van der Waals surface area contributed by atoms with Gasteiger partial charge in [0, 0.05) is 17.0 Å². The molecular formula is C30H20N2O2S. The van der Waals surface area contributed by atoms with Crippen LogP contribution in [0, 0.1) is 0 Å². The molecular weight excluding hydrogens is 452 g/mol. The number of nitrogens with zero attached hydrogens (tertiary/aromatic N) is 2. The van der Waals surface area contributed by atoms with E-state index in [-0.39, 0.29) is 17.0 Å². The van der Waals surface area contributed by atoms with Gasteiger partial charge in [0.1, 0.15) is 17.0 Å². The monoisotopic (exact) mass is 472 g/mol. The molecule has 0 amide bonds. The molecule has 2 atom stereocenters. The molecule has 5 heteroatoms. The maximum Gasteiger partial charge on any atom is 0.219 e. The maximum atomic E-state index is 10.2. The number of hydrogen-bond donors (Lipinski definition) is 1. The second-order valence-corrected chi connectivity index (χ2v) is 9.85. The molecule has 7 rings (SSSR count). The fraction of sp³-hybridized carbons (Fsp3) is 0.0667. The molecule has 35 heavy (non-hydrogen) atoms. The zero-order chi connectivity index (χ0) is 23.4. The summed E-state index contributed by atoms with van der Waals surface area (Å²) in [5.74, 6) is 1.26. The van der Waals surface area contributed by atoms with Gasteiger partial charge in [-0.05, 0) is 46.5 Å². The van der Waals surface area contributed by atoms with Crippen LogP contribution in [0.25, 0.3) is 22.0 Å². The van der Waals surface area contributed by atoms with Crippen LogP contribution in [0.4, 0.5) is 0 Å². The van der Waals surface area contributed by atoms with Crippen molar-refractivity contribution in [3.05, 3.63) is 120 Å². The van der Waals surface area contributed by atoms with Crippen molar-refractivity contribution >= 4 is 27.7 Å². The summed E-state index contributed by atoms with van der Waals surface area (Å²) in [7, 11) is 0. The maximum absolute atomic E-state index is 10.2. The molecule has 2 heterocycles. The lowest BCUT2D eigenvalue weighted by Crippen LogP contribution is -2.11. The number of ether oxygens (including phenoxy) is 1. The quantitative estimate of drug-likeness (QED) is 0.292. The minimum absolute atomic E-state index is 0.0933. The largest absolute Gasteiger partial charge is 0.506 e. The number of fused-ring (bicyclic) bond motifs is 7. The van der Waals surface area contributed by atoms with E-state index < -0.39 is 0 Å². The van der Waals surface area contributed by atoms with Crippen LogP contribution >= 0.6 is 11.8 Å². The zero-order valence-corrected chi connectivity index (χ0v) is 19.4. The van der Waals surface area contributed by atoms with Crippen molar-refractivity contribution in [1.82, 2.24) is 4.98 Å². The van der Waals surface area contributed by atoms with Gasteiger partial charge in [-0.1, -0.05) is 84.6 Å². The zero-order valence-electron chi connectivity index (χ0n) is 18.6. The van der Waals surface area contributed by atoms with Gasteiger partial charge in [0.25, 0.3) is 0 Å². The van der Waals surface area contributed by atoms with Crippen LogP contribution in [0.1, 0.15) is 28.0 Å². The number of phenolic OH excluding ortho intramolecular Hbond substituents is 1. The predicted molar refractivity (Wildman–Crippen MR) is 141 cm³/mol. The van der Waals surface area contributed by atoms with E-state index in [9.17, 15) is 5.11 Å². The van der Waals surface area contributed by atoms with Gasteiger partial charge in [0.15, 0.2) is 0 Å². The third-order valence-electron chi connectivity index (χ3n) is 6.60. The summed E-state index contributed by atoms with van der Waals surface area (Å²) < 4.78 is 6.09. The Morgan fingerprint density at radius 2 is 1.51 bits per heavy atom. The van der Waals surface area contributed by atoms with Gasteiger partial charge in [0.2, 0.25) is 5.88 Å². The lowest BCUT2D eigenvalue weighted by atomic mass is 9.82. The number of aromatic hydroxyl groups is 1. The predicted octanol–water partition coefficient (Wildman–Crippen LogP) is 7.69. The molecule has 4 aromatic carbocycles. The molecule has 0 radical (unpaired) electrons. The van der Waals surface area contributed by atoms with Gasteiger partial charge in [-0.3, -0.25) is 4.99 Å². The minimum Gasteiger partial charge on any atom is -0.506 e. The molecule has 2 aliphatic rings. The highest BCUT2D eigenvalue weighted by molar-refractivity contribution is 8.14. The van der Waals surface area contributed by atoms with E-state index in [1.807, 2.05) is 48.2 Å². The van der Waals surface area contributed by atoms with E-state index in [2.05, 4.69) is 59.6 Å². The van der Waals surface area contributed by atoms with Crippen LogP contribution in [-0.4, -0.2) is 15.1 Å². The number of rotatable bonds is 3. The highest BCUT2D eigenvalue weighted by Gasteiger charge is 2.39. The number of hydrogen-bond acceptors (Lipinski definition) is 5. The average Bonchev–Trinajstić information content (AvgIpc) is 3.36. The van der Waals surface area contributed by atoms with Crippen molar-refractivity contribution in [2.45, 2.75) is 11.3 Å². The smallest absolute Gasteiger partial charge is 0.219 e. The van der Waals surface area contributed by atoms with Crippen LogP contribution in [-0.2, 0) is 0 Å². The Hall–Kier alpha value is -4.09. The van der Waals surface area contributed by atoms with Crippen LogP contribution in [0.15, 0.2) is 108 Å². The fourth-order valence-electron chi connectivity index (χ4n) is 4.99. The molecule has 1 aliphatic heterocycles. The molecule has 0 fully saturated rings. The summed E-state index contributed by atoms with van der Waals surface area (Å²) in [5.41, 5.74) is 6.76. The Balaban J connectivity index is 1.23.